The van der Waals surface area contributed by atoms with Crippen LogP contribution < -0.4 is 0 Å². The first kappa shape index (κ1) is 21.9. The molecule has 3 N–H and O–H groups in total. The molecule has 0 aromatic heterocycles. The van der Waals surface area contributed by atoms with Gasteiger partial charge in [0.2, 0.25) is 0 Å². The van der Waals surface area contributed by atoms with Crippen LogP contribution in [0.15, 0.2) is 54.1 Å². The van der Waals surface area contributed by atoms with E-state index in [4.69, 9.17) is 9.84 Å². The number of aliphatic hydroxyl groups excluding tert-OH is 2. The number of carbonyl (C=O) groups excluding carboxylic acids is 2. The van der Waals surface area contributed by atoms with Crippen molar-refractivity contribution in [1.82, 2.24) is 4.90 Å². The third-order valence-corrected chi connectivity index (χ3v) is 4.79. The van der Waals surface area contributed by atoms with Crippen molar-refractivity contribution in [1.29, 1.82) is 0 Å². The van der Waals surface area contributed by atoms with Crippen LogP contribution in [-0.2, 0) is 14.3 Å². The predicted octanol–water partition coefficient (Wildman–Crippen LogP) is 1.73. The Morgan fingerprint density at radius 2 is 1.84 bits per heavy atom. The Bertz CT molecular complexity index is 1030. The van der Waals surface area contributed by atoms with Crippen molar-refractivity contribution in [2.24, 2.45) is 0 Å². The summed E-state index contributed by atoms with van der Waals surface area (Å²) in [6.45, 7) is -0.102. The zero-order chi connectivity index (χ0) is 22.5. The van der Waals surface area contributed by atoms with Crippen LogP contribution in [-0.4, -0.2) is 63.2 Å². The topological polar surface area (TPSA) is 150 Å². The molecule has 0 radical (unpaired) electrons. The molecule has 1 fully saturated rings. The minimum atomic E-state index is -0.988. The monoisotopic (exact) mass is 428 g/mol. The van der Waals surface area contributed by atoms with Crippen LogP contribution in [0, 0.1) is 10.1 Å². The van der Waals surface area contributed by atoms with Crippen molar-refractivity contribution in [3.63, 3.8) is 0 Å². The molecular formula is C21H20N2O8. The van der Waals surface area contributed by atoms with Crippen LogP contribution in [0.25, 0.3) is 5.76 Å². The number of nitrogens with zero attached hydrogens (tertiary/aromatic N) is 2. The number of rotatable bonds is 8. The van der Waals surface area contributed by atoms with Gasteiger partial charge in [0.15, 0.2) is 0 Å². The summed E-state index contributed by atoms with van der Waals surface area (Å²) in [5, 5.41) is 40.4. The van der Waals surface area contributed by atoms with Gasteiger partial charge < -0.3 is 25.0 Å². The number of ether oxygens (including phenoxy) is 1. The summed E-state index contributed by atoms with van der Waals surface area (Å²) in [5.74, 6) is -2.37. The molecule has 31 heavy (non-hydrogen) atoms. The minimum Gasteiger partial charge on any atom is -0.508 e. The van der Waals surface area contributed by atoms with Gasteiger partial charge in [-0.1, -0.05) is 24.3 Å². The van der Waals surface area contributed by atoms with E-state index in [-0.39, 0.29) is 48.9 Å². The first-order valence-corrected chi connectivity index (χ1v) is 9.36. The molecule has 0 bridgehead atoms. The number of hydrogen-bond acceptors (Lipinski definition) is 8. The minimum absolute atomic E-state index is 0.00182. The Kier molecular flexibility index (Phi) is 6.63. The maximum atomic E-state index is 12.8. The highest BCUT2D eigenvalue weighted by atomic mass is 16.6. The first-order chi connectivity index (χ1) is 14.8. The molecule has 10 heteroatoms. The molecule has 1 aliphatic heterocycles. The molecule has 2 aromatic rings. The van der Waals surface area contributed by atoms with Gasteiger partial charge >= 0.3 is 0 Å². The Morgan fingerprint density at radius 3 is 2.48 bits per heavy atom. The Hall–Kier alpha value is -3.76. The van der Waals surface area contributed by atoms with E-state index in [1.54, 1.807) is 0 Å². The number of carbonyl (C=O) groups is 2. The molecule has 10 nitrogen and oxygen atoms in total. The predicted molar refractivity (Wildman–Crippen MR) is 108 cm³/mol. The van der Waals surface area contributed by atoms with Gasteiger partial charge in [0.1, 0.15) is 11.5 Å². The number of hydrogen-bond donors (Lipinski definition) is 3. The lowest BCUT2D eigenvalue weighted by Gasteiger charge is -2.25. The smallest absolute Gasteiger partial charge is 0.295 e. The highest BCUT2D eigenvalue weighted by Gasteiger charge is 2.46. The summed E-state index contributed by atoms with van der Waals surface area (Å²) in [5.41, 5.74) is -0.0335. The van der Waals surface area contributed by atoms with Gasteiger partial charge in [0, 0.05) is 24.2 Å². The fourth-order valence-corrected chi connectivity index (χ4v) is 3.37. The number of phenolic OH excluding ortho intramolecular Hbond substituents is 1. The maximum Gasteiger partial charge on any atom is 0.295 e. The average Bonchev–Trinajstić information content (AvgIpc) is 3.01. The molecule has 1 atom stereocenters. The van der Waals surface area contributed by atoms with Gasteiger partial charge in [0.25, 0.3) is 17.4 Å². The van der Waals surface area contributed by atoms with Crippen LogP contribution in [0.4, 0.5) is 5.69 Å². The summed E-state index contributed by atoms with van der Waals surface area (Å²) in [6, 6.07) is 9.90. The summed E-state index contributed by atoms with van der Waals surface area (Å²) >= 11 is 0. The van der Waals surface area contributed by atoms with E-state index in [1.165, 1.54) is 47.4 Å². The lowest BCUT2D eigenvalue weighted by atomic mass is 9.95. The van der Waals surface area contributed by atoms with Gasteiger partial charge in [-0.3, -0.25) is 19.7 Å². The quantitative estimate of drug-likeness (QED) is 0.144. The van der Waals surface area contributed by atoms with E-state index in [1.807, 2.05) is 0 Å². The molecule has 3 rings (SSSR count). The van der Waals surface area contributed by atoms with Crippen molar-refractivity contribution < 1.29 is 34.6 Å². The summed E-state index contributed by atoms with van der Waals surface area (Å²) in [7, 11) is 0. The second-order valence-electron chi connectivity index (χ2n) is 6.73. The number of nitro benzene ring substituents is 1. The molecular weight excluding hydrogens is 408 g/mol. The summed E-state index contributed by atoms with van der Waals surface area (Å²) < 4.78 is 5.21. The van der Waals surface area contributed by atoms with Crippen LogP contribution in [0.1, 0.15) is 17.2 Å². The zero-order valence-electron chi connectivity index (χ0n) is 16.3. The summed E-state index contributed by atoms with van der Waals surface area (Å²) in [6.07, 6.45) is 0. The van der Waals surface area contributed by atoms with Crippen LogP contribution in [0.2, 0.25) is 0 Å². The Morgan fingerprint density at radius 1 is 1.13 bits per heavy atom. The number of amides is 1. The number of Topliss-reactive ketones (excluding diaryl/α,β-unsaturated/α-hetero) is 1. The Labute approximate surface area is 176 Å². The normalized spacial score (nSPS) is 17.8. The van der Waals surface area contributed by atoms with Gasteiger partial charge in [-0.15, -0.1) is 0 Å². The van der Waals surface area contributed by atoms with E-state index in [2.05, 4.69) is 0 Å². The third-order valence-electron chi connectivity index (χ3n) is 4.79. The molecule has 1 saturated heterocycles. The number of ketones is 1. The average molecular weight is 428 g/mol. The van der Waals surface area contributed by atoms with E-state index >= 15 is 0 Å². The zero-order valence-corrected chi connectivity index (χ0v) is 16.3. The van der Waals surface area contributed by atoms with Crippen LogP contribution in [0.5, 0.6) is 5.75 Å². The second-order valence-corrected chi connectivity index (χ2v) is 6.73. The number of benzene rings is 2. The van der Waals surface area contributed by atoms with Crippen LogP contribution in [0.3, 0.4) is 0 Å². The molecule has 1 heterocycles. The van der Waals surface area contributed by atoms with E-state index in [9.17, 15) is 29.9 Å². The molecule has 0 spiro atoms. The van der Waals surface area contributed by atoms with Gasteiger partial charge in [0.05, 0.1) is 36.4 Å². The highest BCUT2D eigenvalue weighted by molar-refractivity contribution is 6.46. The number of phenols is 1. The van der Waals surface area contributed by atoms with Crippen molar-refractivity contribution in [3.05, 3.63) is 75.3 Å². The summed E-state index contributed by atoms with van der Waals surface area (Å²) in [4.78, 5) is 37.2. The molecule has 0 aliphatic carbocycles. The molecule has 0 saturated carbocycles. The number of likely N-dealkylation sites (tertiary alicyclic amines) is 1. The molecule has 1 amide bonds. The lowest BCUT2D eigenvalue weighted by molar-refractivity contribution is -0.384. The number of non-ortho nitro benzene ring substituents is 1. The van der Waals surface area contributed by atoms with Gasteiger partial charge in [-0.25, -0.2) is 0 Å². The van der Waals surface area contributed by atoms with Crippen molar-refractivity contribution in [2.75, 3.05) is 26.4 Å². The highest BCUT2D eigenvalue weighted by Crippen LogP contribution is 2.39. The van der Waals surface area contributed by atoms with Crippen molar-refractivity contribution in [2.45, 2.75) is 6.04 Å². The van der Waals surface area contributed by atoms with E-state index in [0.29, 0.717) is 5.56 Å². The van der Waals surface area contributed by atoms with E-state index in [0.717, 1.165) is 6.07 Å². The maximum absolute atomic E-state index is 12.8. The fraction of sp³-hybridized carbons (Fsp3) is 0.238. The lowest BCUT2D eigenvalue weighted by Crippen LogP contribution is -2.33. The number of nitro groups is 1. The molecule has 1 unspecified atom stereocenters. The van der Waals surface area contributed by atoms with Crippen molar-refractivity contribution in [3.8, 4) is 5.75 Å². The first-order valence-electron chi connectivity index (χ1n) is 9.36. The second kappa shape index (κ2) is 9.37. The van der Waals surface area contributed by atoms with Crippen LogP contribution >= 0.6 is 0 Å². The van der Waals surface area contributed by atoms with Crippen molar-refractivity contribution >= 4 is 23.1 Å². The third kappa shape index (κ3) is 4.55. The van der Waals surface area contributed by atoms with Gasteiger partial charge in [-0.2, -0.15) is 0 Å². The van der Waals surface area contributed by atoms with E-state index < -0.39 is 28.4 Å². The molecule has 162 valence electrons. The standard InChI is InChI=1S/C21H20N2O8/c24-9-11-31-10-8-22-18(13-4-6-16(25)7-5-13)17(20(27)21(22)28)19(26)14-2-1-3-15(12-14)23(29)30/h1-7,12,18,24-26H,8-11H2. The SMILES string of the molecule is O=C1C(=O)N(CCOCCO)C(c2ccc(O)cc2)C1=C(O)c1cccc([N+](=O)[O-])c1. The largest absolute Gasteiger partial charge is 0.508 e. The Balaban J connectivity index is 2.09. The molecule has 1 aliphatic rings. The van der Waals surface area contributed by atoms with Gasteiger partial charge in [-0.05, 0) is 17.7 Å². The molecule has 2 aromatic carbocycles. The number of aromatic hydroxyl groups is 1. The number of aliphatic hydroxyl groups is 2. The fourth-order valence-electron chi connectivity index (χ4n) is 3.37.